The van der Waals surface area contributed by atoms with Crippen molar-refractivity contribution in [2.24, 2.45) is 0 Å². The van der Waals surface area contributed by atoms with Crippen molar-refractivity contribution < 1.29 is 26.3 Å². The molecule has 0 heterocycles. The predicted molar refractivity (Wildman–Crippen MR) is 244 cm³/mol. The van der Waals surface area contributed by atoms with Crippen LogP contribution in [0.5, 0.6) is 0 Å². The topological polar surface area (TPSA) is 0 Å². The second-order valence-corrected chi connectivity index (χ2v) is 22.1. The Labute approximate surface area is 360 Å². The van der Waals surface area contributed by atoms with E-state index in [1.165, 1.54) is 0 Å². The van der Waals surface area contributed by atoms with Crippen LogP contribution >= 0.6 is 23.8 Å². The van der Waals surface area contributed by atoms with Crippen LogP contribution in [0.2, 0.25) is 0 Å². The van der Waals surface area contributed by atoms with Gasteiger partial charge in [-0.25, -0.2) is 0 Å². The molecule has 0 amide bonds. The fraction of sp³-hybridized carbons (Fsp3) is 0.106. The second-order valence-electron chi connectivity index (χ2n) is 14.6. The Bertz CT molecular complexity index is 1960. The molecular weight excluding hydrogens is 987 g/mol. The molecule has 0 radical (unpaired) electrons. The van der Waals surface area contributed by atoms with Crippen LogP contribution in [0.1, 0.15) is 11.1 Å². The van der Waals surface area contributed by atoms with Crippen molar-refractivity contribution >= 4 is 94.5 Å². The first-order chi connectivity index (χ1) is 27.5. The molecule has 0 saturated carbocycles. The van der Waals surface area contributed by atoms with E-state index in [2.05, 4.69) is 72.8 Å². The van der Waals surface area contributed by atoms with Crippen LogP contribution in [0.4, 0.5) is 26.3 Å². The third-order valence-electron chi connectivity index (χ3n) is 10.8. The Balaban J connectivity index is 0.00000567. The molecule has 7 rings (SSSR count). The summed E-state index contributed by atoms with van der Waals surface area (Å²) in [5.41, 5.74) is -2.39. The summed E-state index contributed by atoms with van der Waals surface area (Å²) in [5, 5.41) is 6.36. The van der Waals surface area contributed by atoms with Crippen LogP contribution in [0.25, 0.3) is 0 Å². The summed E-state index contributed by atoms with van der Waals surface area (Å²) in [4.78, 5) is 0. The van der Waals surface area contributed by atoms with Crippen molar-refractivity contribution in [1.29, 1.82) is 0 Å². The quantitative estimate of drug-likeness (QED) is 0.0615. The normalized spacial score (nSPS) is 12.2. The first kappa shape index (κ1) is 44.0. The van der Waals surface area contributed by atoms with E-state index in [-0.39, 0.29) is 38.8 Å². The van der Waals surface area contributed by atoms with Gasteiger partial charge in [-0.15, -0.1) is 0 Å². The summed E-state index contributed by atoms with van der Waals surface area (Å²) in [6.45, 7) is 0. The van der Waals surface area contributed by atoms with Gasteiger partial charge in [0.15, 0.2) is 0 Å². The standard InChI is InChI=1S/C47H39BF6P3.Tl/c49-46(50,51)37-31-38(47(52,53)54)33-39(32-37)48(34-55(40-19-7-1-8-20-40)41-21-9-2-10-22-41,35-56(42-23-11-3-12-24-42)43-25-13-4-14-26-43)36-57(44-27-15-5-16-28-44)45-29-17-6-18-30-45;/h1-33H,34-36H2;/q-1;+1/p+3. The molecule has 0 nitrogen and oxygen atoms in total. The maximum absolute atomic E-state index is 15.0. The van der Waals surface area contributed by atoms with E-state index < -0.39 is 53.4 Å². The van der Waals surface area contributed by atoms with Gasteiger partial charge >= 0.3 is 39.7 Å². The molecule has 0 spiro atoms. The van der Waals surface area contributed by atoms with Gasteiger partial charge in [-0.3, -0.25) is 0 Å². The third-order valence-corrected chi connectivity index (χ3v) is 20.6. The summed E-state index contributed by atoms with van der Waals surface area (Å²) in [6, 6.07) is 63.7. The molecule has 0 aromatic heterocycles. The van der Waals surface area contributed by atoms with Crippen LogP contribution in [-0.4, -0.2) is 51.6 Å². The zero-order valence-electron chi connectivity index (χ0n) is 31.6. The van der Waals surface area contributed by atoms with Gasteiger partial charge in [0, 0.05) is 23.8 Å². The van der Waals surface area contributed by atoms with E-state index in [0.29, 0.717) is 18.2 Å². The molecule has 7 aromatic rings. The fourth-order valence-electron chi connectivity index (χ4n) is 8.12. The molecule has 11 heteroatoms. The van der Waals surface area contributed by atoms with Gasteiger partial charge in [0.2, 0.25) is 0 Å². The molecule has 0 aliphatic heterocycles. The van der Waals surface area contributed by atoms with Gasteiger partial charge in [0.1, 0.15) is 6.15 Å². The number of hydrogen-bond donors (Lipinski definition) is 0. The molecule has 0 aliphatic carbocycles. The van der Waals surface area contributed by atoms with Crippen LogP contribution in [-0.2, 0) is 12.4 Å². The molecule has 58 heavy (non-hydrogen) atoms. The maximum atomic E-state index is 15.0. The van der Waals surface area contributed by atoms with Gasteiger partial charge in [0.25, 0.3) is 0 Å². The monoisotopic (exact) mass is 1030 g/mol. The van der Waals surface area contributed by atoms with Gasteiger partial charge in [0.05, 0.1) is 43.0 Å². The SMILES string of the molecule is FC(F)(F)c1cc([B-](C[PH+](c2ccccc2)c2ccccc2)(C[PH+](c2ccccc2)c2ccccc2)C[PH+](c2ccccc2)c2ccccc2)cc(C(F)(F)F)c1.[Tl+]. The molecule has 0 saturated heterocycles. The average molecular weight is 1030 g/mol. The number of halogens is 6. The predicted octanol–water partition coefficient (Wildman–Crippen LogP) is 9.21. The third kappa shape index (κ3) is 10.8. The smallest absolute Gasteiger partial charge is 0.196 e. The maximum Gasteiger partial charge on any atom is 1.00 e. The summed E-state index contributed by atoms with van der Waals surface area (Å²) >= 11 is 0. The van der Waals surface area contributed by atoms with Gasteiger partial charge in [-0.2, -0.15) is 31.8 Å². The molecule has 290 valence electrons. The van der Waals surface area contributed by atoms with E-state index in [1.54, 1.807) is 0 Å². The van der Waals surface area contributed by atoms with E-state index in [1.807, 2.05) is 109 Å². The summed E-state index contributed by atoms with van der Waals surface area (Å²) in [5.74, 6) is 0. The number of rotatable bonds is 13. The van der Waals surface area contributed by atoms with Crippen LogP contribution in [0.3, 0.4) is 0 Å². The first-order valence-corrected chi connectivity index (χ1v) is 24.0. The van der Waals surface area contributed by atoms with Crippen LogP contribution in [0.15, 0.2) is 200 Å². The molecule has 0 atom stereocenters. The van der Waals surface area contributed by atoms with Crippen molar-refractivity contribution in [2.45, 2.75) is 12.4 Å². The van der Waals surface area contributed by atoms with Crippen molar-refractivity contribution in [3.8, 4) is 0 Å². The number of hydrogen-bond acceptors (Lipinski definition) is 0. The van der Waals surface area contributed by atoms with E-state index in [9.17, 15) is 26.3 Å². The molecule has 0 unspecified atom stereocenters. The van der Waals surface area contributed by atoms with E-state index in [4.69, 9.17) is 0 Å². The first-order valence-electron chi connectivity index (χ1n) is 18.9. The fourth-order valence-corrected chi connectivity index (χ4v) is 18.9. The largest absolute Gasteiger partial charge is 1.00 e. The van der Waals surface area contributed by atoms with Crippen molar-refractivity contribution in [3.63, 3.8) is 0 Å². The van der Waals surface area contributed by atoms with Crippen LogP contribution < -0.4 is 37.3 Å². The second kappa shape index (κ2) is 19.6. The molecule has 0 aliphatic rings. The molecule has 7 aromatic carbocycles. The zero-order valence-corrected chi connectivity index (χ0v) is 39.1. The number of benzene rings is 7. The summed E-state index contributed by atoms with van der Waals surface area (Å²) in [7, 11) is -5.45. The van der Waals surface area contributed by atoms with E-state index >= 15 is 0 Å². The van der Waals surface area contributed by atoms with Crippen molar-refractivity contribution in [3.05, 3.63) is 211 Å². The van der Waals surface area contributed by atoms with Gasteiger partial charge < -0.3 is 0 Å². The molecule has 0 bridgehead atoms. The minimum atomic E-state index is -5.00. The Morgan fingerprint density at radius 2 is 0.534 bits per heavy atom. The molecular formula is C47H42BF6P3Tl+3. The Hall–Kier alpha value is -3.60. The minimum absolute atomic E-state index is 0. The Morgan fingerprint density at radius 1 is 0.328 bits per heavy atom. The average Bonchev–Trinajstić information content (AvgIpc) is 3.24. The van der Waals surface area contributed by atoms with Gasteiger partial charge in [-0.1, -0.05) is 121 Å². The van der Waals surface area contributed by atoms with Crippen molar-refractivity contribution in [2.75, 3.05) is 18.2 Å². The van der Waals surface area contributed by atoms with Crippen LogP contribution in [0, 0.1) is 0 Å². The van der Waals surface area contributed by atoms with E-state index in [0.717, 1.165) is 44.0 Å². The molecule has 0 fully saturated rings. The summed E-state index contributed by atoms with van der Waals surface area (Å²) in [6.07, 6.45) is -12.2. The minimum Gasteiger partial charge on any atom is -0.196 e. The van der Waals surface area contributed by atoms with Crippen molar-refractivity contribution in [1.82, 2.24) is 0 Å². The zero-order chi connectivity index (χ0) is 39.9. The Morgan fingerprint density at radius 3 is 0.724 bits per heavy atom. The summed E-state index contributed by atoms with van der Waals surface area (Å²) < 4.78 is 89.8. The van der Waals surface area contributed by atoms with Gasteiger partial charge in [-0.05, 0) is 97.0 Å². The Kier molecular flexibility index (Phi) is 14.9. The number of alkyl halides is 6. The molecule has 0 N–H and O–H groups in total.